The highest BCUT2D eigenvalue weighted by Gasteiger charge is 2.32. The van der Waals surface area contributed by atoms with E-state index in [1.54, 1.807) is 45.3 Å². The molecule has 5 aromatic heterocycles. The average Bonchev–Trinajstić information content (AvgIpc) is 1.66. The third-order valence-corrected chi connectivity index (χ3v) is 20.1. The number of aromatic nitrogens is 2. The summed E-state index contributed by atoms with van der Waals surface area (Å²) in [7, 11) is 0. The molecule has 0 bridgehead atoms. The Kier molecular flexibility index (Phi) is 15.8. The van der Waals surface area contributed by atoms with Crippen LogP contribution in [0.2, 0.25) is 0 Å². The molecule has 93 heavy (non-hydrogen) atoms. The number of fused-ring (bicyclic) bond motifs is 3. The highest BCUT2D eigenvalue weighted by molar-refractivity contribution is 7.31. The van der Waals surface area contributed by atoms with E-state index in [4.69, 9.17) is 46.6 Å². The van der Waals surface area contributed by atoms with Crippen molar-refractivity contribution in [2.24, 2.45) is 0 Å². The Morgan fingerprint density at radius 2 is 0.419 bits per heavy atom. The fourth-order valence-electron chi connectivity index (χ4n) is 10.8. The van der Waals surface area contributed by atoms with Crippen molar-refractivity contribution in [2.45, 2.75) is 0 Å². The van der Waals surface area contributed by atoms with E-state index < -0.39 is 0 Å². The quantitative estimate of drug-likeness (QED) is 0.0733. The lowest BCUT2D eigenvalue weighted by Crippen LogP contribution is -1.97. The summed E-state index contributed by atoms with van der Waals surface area (Å²) >= 11 is 7.72. The molecule has 0 spiro atoms. The van der Waals surface area contributed by atoms with Gasteiger partial charge >= 0.3 is 0 Å². The second-order valence-corrected chi connectivity index (χ2v) is 26.0. The number of para-hydroxylation sites is 8. The first-order chi connectivity index (χ1) is 46.0. The Bertz CT molecular complexity index is 4750. The first-order valence-corrected chi connectivity index (χ1v) is 33.6. The molecule has 0 aliphatic heterocycles. The van der Waals surface area contributed by atoms with Gasteiger partial charge in [0.15, 0.2) is 11.5 Å². The van der Waals surface area contributed by atoms with Gasteiger partial charge in [0, 0.05) is 62.6 Å². The number of hydrogen-bond acceptors (Lipinski definition) is 15. The van der Waals surface area contributed by atoms with E-state index >= 15 is 0 Å². The summed E-state index contributed by atoms with van der Waals surface area (Å²) in [5, 5.41) is 0. The van der Waals surface area contributed by atoms with Crippen LogP contribution in [0.3, 0.4) is 0 Å². The van der Waals surface area contributed by atoms with Gasteiger partial charge < -0.3 is 37.9 Å². The third kappa shape index (κ3) is 12.3. The van der Waals surface area contributed by atoms with Crippen LogP contribution in [0.4, 0.5) is 0 Å². The first-order valence-electron chi connectivity index (χ1n) is 29.6. The maximum atomic E-state index is 7.22. The van der Waals surface area contributed by atoms with Crippen LogP contribution in [0.1, 0.15) is 0 Å². The first kappa shape index (κ1) is 57.1. The van der Waals surface area contributed by atoms with Crippen LogP contribution >= 0.6 is 57.1 Å². The van der Waals surface area contributed by atoms with Gasteiger partial charge in [-0.1, -0.05) is 146 Å². The molecule has 16 aromatic rings. The summed E-state index contributed by atoms with van der Waals surface area (Å²) in [6, 6.07) is 94.6. The Labute approximate surface area is 554 Å². The summed E-state index contributed by atoms with van der Waals surface area (Å²) < 4.78 is 69.1. The van der Waals surface area contributed by atoms with Crippen LogP contribution in [0.15, 0.2) is 291 Å². The van der Waals surface area contributed by atoms with Crippen molar-refractivity contribution in [3.05, 3.63) is 291 Å². The van der Waals surface area contributed by atoms with Crippen molar-refractivity contribution in [3.8, 4) is 134 Å². The van der Waals surface area contributed by atoms with Gasteiger partial charge in [0.1, 0.15) is 91.5 Å². The normalized spacial score (nSPS) is 11.2. The lowest BCUT2D eigenvalue weighted by molar-refractivity contribution is 0.422. The maximum absolute atomic E-state index is 7.22. The number of hydrogen-bond donors (Lipinski definition) is 0. The van der Waals surface area contributed by atoms with Gasteiger partial charge in [0.25, 0.3) is 0 Å². The number of thiophene rings is 4. The van der Waals surface area contributed by atoms with Crippen LogP contribution in [-0.2, 0) is 0 Å². The van der Waals surface area contributed by atoms with Crippen molar-refractivity contribution < 1.29 is 37.9 Å². The summed E-state index contributed by atoms with van der Waals surface area (Å²) in [6.07, 6.45) is 0. The molecule has 0 atom stereocenters. The Hall–Kier alpha value is -11.0. The lowest BCUT2D eigenvalue weighted by atomic mass is 10.0. The Morgan fingerprint density at radius 3 is 0.667 bits per heavy atom. The SMILES string of the molecule is c1ccc(Oc2cc(Oc3ccccc3)c(-c3cc4sc(-c5c(Oc6ccccc6)c(Oc6ccccc6)c(-c6cc7sc(-c8c(Oc9ccccc9)cc(Oc9ccccc9)cc8Oc8ccccc8)cc7s6)c6nsnc56)cc4s3)c(Oc3ccccc3)c2)cc1. The minimum Gasteiger partial charge on any atom is -0.457 e. The monoisotopic (exact) mass is 1300 g/mol. The van der Waals surface area contributed by atoms with Crippen LogP contribution in [0.5, 0.6) is 92.0 Å². The summed E-state index contributed by atoms with van der Waals surface area (Å²) in [6.45, 7) is 0. The van der Waals surface area contributed by atoms with Gasteiger partial charge in [-0.25, -0.2) is 0 Å². The molecular weight excluding hydrogens is 1250 g/mol. The highest BCUT2D eigenvalue weighted by atomic mass is 32.1. The highest BCUT2D eigenvalue weighted by Crippen LogP contribution is 2.59. The minimum atomic E-state index is 0.501. The molecule has 0 fully saturated rings. The summed E-state index contributed by atoms with van der Waals surface area (Å²) in [4.78, 5) is 3.71. The van der Waals surface area contributed by atoms with Crippen LogP contribution in [0.25, 0.3) is 71.6 Å². The average molecular weight is 1300 g/mol. The van der Waals surface area contributed by atoms with E-state index in [9.17, 15) is 0 Å². The largest absolute Gasteiger partial charge is 0.457 e. The van der Waals surface area contributed by atoms with E-state index in [-0.39, 0.29) is 0 Å². The van der Waals surface area contributed by atoms with Crippen molar-refractivity contribution >= 4 is 86.9 Å². The van der Waals surface area contributed by atoms with E-state index in [1.165, 1.54) is 0 Å². The van der Waals surface area contributed by atoms with Gasteiger partial charge in [0.05, 0.1) is 34.0 Å². The molecule has 10 nitrogen and oxygen atoms in total. The zero-order valence-electron chi connectivity index (χ0n) is 48.9. The van der Waals surface area contributed by atoms with Gasteiger partial charge in [-0.3, -0.25) is 0 Å². The van der Waals surface area contributed by atoms with E-state index in [0.29, 0.717) is 103 Å². The van der Waals surface area contributed by atoms with Crippen molar-refractivity contribution in [1.29, 1.82) is 0 Å². The number of rotatable bonds is 20. The standard InChI is InChI=1S/C78H48N2O8S5/c1-9-25-49(26-10-1)81-57-41-59(83-51-29-13-3-14-30-51)71(60(42-57)84-52-31-15-4-16-32-52)67-45-63-65(89-67)47-69(91-63)73-75-76(80-93-79-75)74(78(88-56-39-23-8-24-40-56)77(73)87-55-37-21-7-22-38-55)70-48-66-64(92-70)46-68(90-66)72-61(85-53-33-17-5-18-34-53)43-58(82-50-27-11-2-12-28-50)44-62(72)86-54-35-19-6-20-36-54/h1-48H. The van der Waals surface area contributed by atoms with Crippen LogP contribution < -0.4 is 37.9 Å². The smallest absolute Gasteiger partial charge is 0.181 e. The molecule has 0 aliphatic rings. The summed E-state index contributed by atoms with van der Waals surface area (Å²) in [5.74, 6) is 9.68. The molecule has 448 valence electrons. The Morgan fingerprint density at radius 1 is 0.204 bits per heavy atom. The molecule has 5 heterocycles. The maximum Gasteiger partial charge on any atom is 0.181 e. The van der Waals surface area contributed by atoms with Crippen LogP contribution in [0, 0.1) is 0 Å². The molecule has 0 saturated carbocycles. The minimum absolute atomic E-state index is 0.501. The van der Waals surface area contributed by atoms with Gasteiger partial charge in [-0.15, -0.1) is 45.3 Å². The second kappa shape index (κ2) is 25.7. The topological polar surface area (TPSA) is 99.6 Å². The van der Waals surface area contributed by atoms with Gasteiger partial charge in [-0.05, 0) is 121 Å². The number of ether oxygens (including phenoxy) is 8. The zero-order valence-corrected chi connectivity index (χ0v) is 53.0. The lowest BCUT2D eigenvalue weighted by Gasteiger charge is -2.19. The van der Waals surface area contributed by atoms with Gasteiger partial charge in [0.2, 0.25) is 0 Å². The number of nitrogens with zero attached hydrogens (tertiary/aromatic N) is 2. The molecular formula is C78H48N2O8S5. The molecule has 0 saturated heterocycles. The fourth-order valence-corrected chi connectivity index (χ4v) is 16.3. The molecule has 16 rings (SSSR count). The predicted octanol–water partition coefficient (Wildman–Crippen LogP) is 25.3. The third-order valence-electron chi connectivity index (χ3n) is 14.9. The molecule has 0 N–H and O–H groups in total. The molecule has 0 aliphatic carbocycles. The number of benzene rings is 11. The Balaban J connectivity index is 0.844. The molecule has 15 heteroatoms. The van der Waals surface area contributed by atoms with Crippen molar-refractivity contribution in [1.82, 2.24) is 8.75 Å². The molecule has 11 aromatic carbocycles. The second-order valence-electron chi connectivity index (χ2n) is 21.2. The van der Waals surface area contributed by atoms with Crippen molar-refractivity contribution in [2.75, 3.05) is 0 Å². The van der Waals surface area contributed by atoms with Gasteiger partial charge in [-0.2, -0.15) is 8.75 Å². The van der Waals surface area contributed by atoms with E-state index in [2.05, 4.69) is 24.3 Å². The molecule has 0 unspecified atom stereocenters. The van der Waals surface area contributed by atoms with Crippen LogP contribution in [-0.4, -0.2) is 8.75 Å². The zero-order chi connectivity index (χ0) is 61.9. The van der Waals surface area contributed by atoms with Crippen molar-refractivity contribution in [3.63, 3.8) is 0 Å². The molecule has 0 radical (unpaired) electrons. The summed E-state index contributed by atoms with van der Waals surface area (Å²) in [5.41, 5.74) is 4.43. The molecule has 0 amide bonds. The van der Waals surface area contributed by atoms with E-state index in [0.717, 1.165) is 72.3 Å². The fraction of sp³-hybridized carbons (Fsp3) is 0. The predicted molar refractivity (Wildman–Crippen MR) is 378 cm³/mol. The van der Waals surface area contributed by atoms with E-state index in [1.807, 2.05) is 267 Å².